The fourth-order valence-electron chi connectivity index (χ4n) is 4.26. The molecule has 0 aliphatic carbocycles. The highest BCUT2D eigenvalue weighted by atomic mass is 15.3. The Hall–Kier alpha value is -4.37. The molecule has 0 spiro atoms. The lowest BCUT2D eigenvalue weighted by Crippen LogP contribution is -2.08. The summed E-state index contributed by atoms with van der Waals surface area (Å²) in [6.45, 7) is 4.14. The summed E-state index contributed by atoms with van der Waals surface area (Å²) in [7, 11) is 0. The predicted molar refractivity (Wildman–Crippen MR) is 132 cm³/mol. The molecule has 3 aromatic heterocycles. The molecule has 0 aliphatic rings. The largest absolute Gasteiger partial charge is 0.265 e. The second-order valence-electron chi connectivity index (χ2n) is 8.27. The first kappa shape index (κ1) is 21.5. The first-order valence-corrected chi connectivity index (χ1v) is 11.4. The molecule has 0 saturated heterocycles. The molecule has 0 unspecified atom stereocenters. The van der Waals surface area contributed by atoms with Crippen LogP contribution in [-0.4, -0.2) is 24.6 Å². The Labute approximate surface area is 198 Å². The summed E-state index contributed by atoms with van der Waals surface area (Å²) in [6, 6.07) is 22.2. The first-order chi connectivity index (χ1) is 16.7. The van der Waals surface area contributed by atoms with Crippen LogP contribution in [0, 0.1) is 18.3 Å². The van der Waals surface area contributed by atoms with Crippen LogP contribution in [0.5, 0.6) is 0 Å². The minimum absolute atomic E-state index is 0.672. The van der Waals surface area contributed by atoms with Crippen molar-refractivity contribution >= 4 is 5.65 Å². The third-order valence-electron chi connectivity index (χ3n) is 5.95. The molecule has 0 radical (unpaired) electrons. The van der Waals surface area contributed by atoms with Crippen LogP contribution in [0.15, 0.2) is 73.1 Å². The second-order valence-corrected chi connectivity index (χ2v) is 8.27. The van der Waals surface area contributed by atoms with Gasteiger partial charge in [-0.05, 0) is 48.2 Å². The summed E-state index contributed by atoms with van der Waals surface area (Å²) in [4.78, 5) is 13.9. The van der Waals surface area contributed by atoms with Gasteiger partial charge in [0.05, 0.1) is 11.6 Å². The highest BCUT2D eigenvalue weighted by Gasteiger charge is 2.17. The van der Waals surface area contributed by atoms with Gasteiger partial charge in [0.1, 0.15) is 5.82 Å². The van der Waals surface area contributed by atoms with E-state index in [0.717, 1.165) is 57.8 Å². The van der Waals surface area contributed by atoms with Gasteiger partial charge in [-0.1, -0.05) is 55.8 Å². The third kappa shape index (κ3) is 4.04. The van der Waals surface area contributed by atoms with Crippen molar-refractivity contribution in [3.8, 4) is 28.6 Å². The van der Waals surface area contributed by atoms with Gasteiger partial charge in [-0.15, -0.1) is 5.10 Å². The molecule has 0 aliphatic heterocycles. The number of aryl methyl sites for hydroxylation is 2. The molecule has 6 nitrogen and oxygen atoms in total. The summed E-state index contributed by atoms with van der Waals surface area (Å²) in [5.74, 6) is 1.50. The van der Waals surface area contributed by atoms with Crippen LogP contribution in [0.1, 0.15) is 41.6 Å². The summed E-state index contributed by atoms with van der Waals surface area (Å²) >= 11 is 0. The highest BCUT2D eigenvalue weighted by Crippen LogP contribution is 2.26. The Morgan fingerprint density at radius 2 is 1.68 bits per heavy atom. The van der Waals surface area contributed by atoms with Crippen LogP contribution in [0.4, 0.5) is 0 Å². The Kier molecular flexibility index (Phi) is 5.84. The SMILES string of the molecule is CCCc1nc(C)n2nc(-c3ccncc3)nc2c1Cc1ccc(-c2ccccc2C#N)cc1. The van der Waals surface area contributed by atoms with Gasteiger partial charge in [-0.25, -0.2) is 9.97 Å². The monoisotopic (exact) mass is 444 g/mol. The smallest absolute Gasteiger partial charge is 0.182 e. The highest BCUT2D eigenvalue weighted by molar-refractivity contribution is 5.70. The molecular formula is C28H24N6. The van der Waals surface area contributed by atoms with Gasteiger partial charge < -0.3 is 0 Å². The van der Waals surface area contributed by atoms with Gasteiger partial charge in [-0.2, -0.15) is 9.78 Å². The van der Waals surface area contributed by atoms with Crippen LogP contribution in [-0.2, 0) is 12.8 Å². The van der Waals surface area contributed by atoms with Crippen molar-refractivity contribution in [1.82, 2.24) is 24.6 Å². The molecule has 166 valence electrons. The summed E-state index contributed by atoms with van der Waals surface area (Å²) in [5, 5.41) is 14.2. The van der Waals surface area contributed by atoms with E-state index < -0.39 is 0 Å². The van der Waals surface area contributed by atoms with E-state index in [9.17, 15) is 5.26 Å². The predicted octanol–water partition coefficient (Wildman–Crippen LogP) is 5.58. The molecule has 2 aromatic carbocycles. The van der Waals surface area contributed by atoms with E-state index in [4.69, 9.17) is 15.1 Å². The van der Waals surface area contributed by atoms with E-state index in [1.165, 1.54) is 0 Å². The van der Waals surface area contributed by atoms with Crippen molar-refractivity contribution in [3.05, 3.63) is 101 Å². The molecule has 5 rings (SSSR count). The average molecular weight is 445 g/mol. The zero-order valence-corrected chi connectivity index (χ0v) is 19.2. The molecule has 5 aromatic rings. The second kappa shape index (κ2) is 9.24. The van der Waals surface area contributed by atoms with E-state index in [2.05, 4.69) is 42.2 Å². The van der Waals surface area contributed by atoms with Gasteiger partial charge in [0.15, 0.2) is 11.5 Å². The van der Waals surface area contributed by atoms with Gasteiger partial charge in [0.25, 0.3) is 0 Å². The zero-order valence-electron chi connectivity index (χ0n) is 19.2. The number of aromatic nitrogens is 5. The number of rotatable bonds is 6. The van der Waals surface area contributed by atoms with Crippen LogP contribution >= 0.6 is 0 Å². The topological polar surface area (TPSA) is 79.8 Å². The molecule has 6 heteroatoms. The normalized spacial score (nSPS) is 11.0. The lowest BCUT2D eigenvalue weighted by atomic mass is 9.97. The van der Waals surface area contributed by atoms with E-state index in [1.807, 2.05) is 47.8 Å². The van der Waals surface area contributed by atoms with Crippen molar-refractivity contribution in [2.45, 2.75) is 33.1 Å². The first-order valence-electron chi connectivity index (χ1n) is 11.4. The minimum Gasteiger partial charge on any atom is -0.265 e. The van der Waals surface area contributed by atoms with E-state index in [-0.39, 0.29) is 0 Å². The van der Waals surface area contributed by atoms with Crippen molar-refractivity contribution in [3.63, 3.8) is 0 Å². The van der Waals surface area contributed by atoms with E-state index in [0.29, 0.717) is 17.8 Å². The molecule has 0 saturated carbocycles. The Balaban J connectivity index is 1.56. The van der Waals surface area contributed by atoms with Crippen LogP contribution in [0.2, 0.25) is 0 Å². The average Bonchev–Trinajstić information content (AvgIpc) is 3.34. The van der Waals surface area contributed by atoms with Gasteiger partial charge in [0.2, 0.25) is 0 Å². The lowest BCUT2D eigenvalue weighted by molar-refractivity contribution is 0.792. The Morgan fingerprint density at radius 3 is 2.41 bits per heavy atom. The fourth-order valence-corrected chi connectivity index (χ4v) is 4.26. The summed E-state index contributed by atoms with van der Waals surface area (Å²) in [6.07, 6.45) is 6.10. The van der Waals surface area contributed by atoms with Crippen molar-refractivity contribution in [2.24, 2.45) is 0 Å². The fraction of sp³-hybridized carbons (Fsp3) is 0.179. The zero-order chi connectivity index (χ0) is 23.5. The van der Waals surface area contributed by atoms with Crippen molar-refractivity contribution in [2.75, 3.05) is 0 Å². The van der Waals surface area contributed by atoms with Crippen LogP contribution < -0.4 is 0 Å². The Bertz CT molecular complexity index is 1490. The molecular weight excluding hydrogens is 420 g/mol. The number of nitrogens with zero attached hydrogens (tertiary/aromatic N) is 6. The molecule has 0 N–H and O–H groups in total. The lowest BCUT2D eigenvalue weighted by Gasteiger charge is -2.12. The van der Waals surface area contributed by atoms with Gasteiger partial charge in [-0.3, -0.25) is 4.98 Å². The molecule has 0 atom stereocenters. The summed E-state index contributed by atoms with van der Waals surface area (Å²) in [5.41, 5.74) is 7.77. The molecule has 0 amide bonds. The third-order valence-corrected chi connectivity index (χ3v) is 5.95. The maximum atomic E-state index is 9.44. The van der Waals surface area contributed by atoms with Crippen molar-refractivity contribution in [1.29, 1.82) is 5.26 Å². The molecule has 3 heterocycles. The van der Waals surface area contributed by atoms with Gasteiger partial charge in [0, 0.05) is 35.6 Å². The van der Waals surface area contributed by atoms with Crippen molar-refractivity contribution < 1.29 is 0 Å². The van der Waals surface area contributed by atoms with Gasteiger partial charge >= 0.3 is 0 Å². The number of hydrogen-bond acceptors (Lipinski definition) is 5. The molecule has 0 bridgehead atoms. The standard InChI is InChI=1S/C28H24N6/c1-3-6-26-25(17-20-9-11-21(12-10-20)24-8-5-4-7-23(24)18-29)28-32-27(22-13-15-30-16-14-22)33-34(28)19(2)31-26/h4-5,7-16H,3,6,17H2,1-2H3. The van der Waals surface area contributed by atoms with E-state index >= 15 is 0 Å². The van der Waals surface area contributed by atoms with Crippen LogP contribution in [0.25, 0.3) is 28.2 Å². The summed E-state index contributed by atoms with van der Waals surface area (Å²) < 4.78 is 1.85. The number of hydrogen-bond donors (Lipinski definition) is 0. The maximum absolute atomic E-state index is 9.44. The maximum Gasteiger partial charge on any atom is 0.182 e. The van der Waals surface area contributed by atoms with E-state index in [1.54, 1.807) is 12.4 Å². The Morgan fingerprint density at radius 1 is 0.912 bits per heavy atom. The number of pyridine rings is 1. The molecule has 0 fully saturated rings. The number of fused-ring (bicyclic) bond motifs is 1. The number of benzene rings is 2. The quantitative estimate of drug-likeness (QED) is 0.342. The molecule has 34 heavy (non-hydrogen) atoms. The van der Waals surface area contributed by atoms with Crippen LogP contribution in [0.3, 0.4) is 0 Å². The minimum atomic E-state index is 0.672. The number of nitriles is 1.